The molecule has 0 atom stereocenters. The molecule has 0 aromatic heterocycles. The summed E-state index contributed by atoms with van der Waals surface area (Å²) in [6.07, 6.45) is 0. The largest absolute Gasteiger partial charge is 0.364 e. The topological polar surface area (TPSA) is 49.4 Å². The number of rotatable bonds is 6. The summed E-state index contributed by atoms with van der Waals surface area (Å²) in [5.74, 6) is -0.0343. The highest BCUT2D eigenvalue weighted by Crippen LogP contribution is 2.20. The average molecular weight is 296 g/mol. The first kappa shape index (κ1) is 15.8. The van der Waals surface area contributed by atoms with Crippen molar-refractivity contribution in [1.82, 2.24) is 0 Å². The Balaban J connectivity index is 2.14. The van der Waals surface area contributed by atoms with E-state index in [0.717, 1.165) is 11.4 Å². The van der Waals surface area contributed by atoms with Crippen molar-refractivity contribution in [3.8, 4) is 0 Å². The van der Waals surface area contributed by atoms with E-state index in [1.54, 1.807) is 0 Å². The highest BCUT2D eigenvalue weighted by Gasteiger charge is 2.12. The zero-order valence-electron chi connectivity index (χ0n) is 12.9. The number of carbonyl (C=O) groups excluding carboxylic acids is 2. The van der Waals surface area contributed by atoms with Crippen LogP contribution in [-0.4, -0.2) is 24.8 Å². The number of hydrogen-bond donors (Lipinski definition) is 1. The Morgan fingerprint density at radius 3 is 2.41 bits per heavy atom. The Bertz CT molecular complexity index is 653. The van der Waals surface area contributed by atoms with Gasteiger partial charge in [-0.25, -0.2) is 0 Å². The number of hydrogen-bond acceptors (Lipinski definition) is 3. The van der Waals surface area contributed by atoms with Crippen LogP contribution < -0.4 is 10.2 Å². The summed E-state index contributed by atoms with van der Waals surface area (Å²) in [7, 11) is 0. The number of Topliss-reactive ketones (excluding diaryl/α,β-unsaturated/α-hetero) is 1. The summed E-state index contributed by atoms with van der Waals surface area (Å²) in [4.78, 5) is 25.5. The van der Waals surface area contributed by atoms with E-state index in [1.165, 1.54) is 6.92 Å². The predicted octanol–water partition coefficient (Wildman–Crippen LogP) is 3.35. The third-order valence-corrected chi connectivity index (χ3v) is 3.34. The molecule has 1 N–H and O–H groups in total. The molecule has 114 valence electrons. The number of carbonyl (C=O) groups is 2. The van der Waals surface area contributed by atoms with Crippen molar-refractivity contribution in [2.75, 3.05) is 23.3 Å². The molecule has 4 heteroatoms. The molecule has 4 nitrogen and oxygen atoms in total. The van der Waals surface area contributed by atoms with E-state index in [9.17, 15) is 9.59 Å². The number of nitrogens with one attached hydrogen (secondary N) is 1. The standard InChI is InChI=1S/C18H20N2O2/c1-3-20(13-18(22)15-8-5-4-6-9-15)17-11-7-10-16(12-17)19-14(2)21/h4-12H,3,13H2,1-2H3,(H,19,21). The van der Waals surface area contributed by atoms with Crippen molar-refractivity contribution < 1.29 is 9.59 Å². The SMILES string of the molecule is CCN(CC(=O)c1ccccc1)c1cccc(NC(C)=O)c1. The van der Waals surface area contributed by atoms with Crippen molar-refractivity contribution in [3.05, 3.63) is 60.2 Å². The number of ketones is 1. The lowest BCUT2D eigenvalue weighted by Crippen LogP contribution is -2.29. The van der Waals surface area contributed by atoms with Crippen molar-refractivity contribution in [3.63, 3.8) is 0 Å². The maximum Gasteiger partial charge on any atom is 0.221 e. The van der Waals surface area contributed by atoms with Crippen LogP contribution in [-0.2, 0) is 4.79 Å². The average Bonchev–Trinajstić information content (AvgIpc) is 2.53. The maximum absolute atomic E-state index is 12.3. The molecule has 22 heavy (non-hydrogen) atoms. The van der Waals surface area contributed by atoms with Gasteiger partial charge in [0.1, 0.15) is 0 Å². The van der Waals surface area contributed by atoms with Gasteiger partial charge in [-0.3, -0.25) is 9.59 Å². The molecule has 0 saturated carbocycles. The van der Waals surface area contributed by atoms with Gasteiger partial charge in [-0.1, -0.05) is 36.4 Å². The number of anilines is 2. The first-order valence-corrected chi connectivity index (χ1v) is 7.31. The van der Waals surface area contributed by atoms with Crippen molar-refractivity contribution >= 4 is 23.1 Å². The van der Waals surface area contributed by atoms with Gasteiger partial charge in [-0.05, 0) is 25.1 Å². The summed E-state index contributed by atoms with van der Waals surface area (Å²) in [6, 6.07) is 16.8. The van der Waals surface area contributed by atoms with Gasteiger partial charge in [0.05, 0.1) is 6.54 Å². The monoisotopic (exact) mass is 296 g/mol. The number of amides is 1. The van der Waals surface area contributed by atoms with E-state index >= 15 is 0 Å². The Kier molecular flexibility index (Phi) is 5.31. The van der Waals surface area contributed by atoms with E-state index in [-0.39, 0.29) is 11.7 Å². The van der Waals surface area contributed by atoms with Gasteiger partial charge >= 0.3 is 0 Å². The van der Waals surface area contributed by atoms with E-state index in [1.807, 2.05) is 66.4 Å². The van der Waals surface area contributed by atoms with Gasteiger partial charge in [0.15, 0.2) is 5.78 Å². The zero-order chi connectivity index (χ0) is 15.9. The molecule has 0 aliphatic heterocycles. The van der Waals surface area contributed by atoms with Crippen LogP contribution in [0.4, 0.5) is 11.4 Å². The molecule has 0 radical (unpaired) electrons. The fourth-order valence-electron chi connectivity index (χ4n) is 2.26. The lowest BCUT2D eigenvalue weighted by molar-refractivity contribution is -0.114. The van der Waals surface area contributed by atoms with Crippen LogP contribution in [0.1, 0.15) is 24.2 Å². The Morgan fingerprint density at radius 1 is 1.05 bits per heavy atom. The number of likely N-dealkylation sites (N-methyl/N-ethyl adjacent to an activating group) is 1. The van der Waals surface area contributed by atoms with Crippen LogP contribution in [0.25, 0.3) is 0 Å². The predicted molar refractivity (Wildman–Crippen MR) is 89.4 cm³/mol. The summed E-state index contributed by atoms with van der Waals surface area (Å²) in [5, 5.41) is 2.76. The molecule has 0 unspecified atom stereocenters. The summed E-state index contributed by atoms with van der Waals surface area (Å²) < 4.78 is 0. The van der Waals surface area contributed by atoms with Crippen LogP contribution in [0, 0.1) is 0 Å². The van der Waals surface area contributed by atoms with Gasteiger partial charge in [0.25, 0.3) is 0 Å². The van der Waals surface area contributed by atoms with Crippen LogP contribution in [0.5, 0.6) is 0 Å². The summed E-state index contributed by atoms with van der Waals surface area (Å²) in [5.41, 5.74) is 2.35. The molecule has 2 aromatic carbocycles. The Labute approximate surface area is 130 Å². The van der Waals surface area contributed by atoms with Gasteiger partial charge < -0.3 is 10.2 Å². The third-order valence-electron chi connectivity index (χ3n) is 3.34. The van der Waals surface area contributed by atoms with Crippen molar-refractivity contribution in [2.45, 2.75) is 13.8 Å². The molecule has 0 bridgehead atoms. The maximum atomic E-state index is 12.3. The van der Waals surface area contributed by atoms with Crippen molar-refractivity contribution in [1.29, 1.82) is 0 Å². The van der Waals surface area contributed by atoms with E-state index < -0.39 is 0 Å². The molecule has 0 spiro atoms. The van der Waals surface area contributed by atoms with Crippen LogP contribution in [0.3, 0.4) is 0 Å². The summed E-state index contributed by atoms with van der Waals surface area (Å²) in [6.45, 7) is 4.50. The Hall–Kier alpha value is -2.62. The second-order valence-electron chi connectivity index (χ2n) is 5.03. The normalized spacial score (nSPS) is 10.1. The van der Waals surface area contributed by atoms with Gasteiger partial charge in [-0.15, -0.1) is 0 Å². The molecule has 0 heterocycles. The molecule has 1 amide bonds. The van der Waals surface area contributed by atoms with Crippen LogP contribution in [0.15, 0.2) is 54.6 Å². The third kappa shape index (κ3) is 4.19. The Morgan fingerprint density at radius 2 is 1.77 bits per heavy atom. The lowest BCUT2D eigenvalue weighted by atomic mass is 10.1. The number of benzene rings is 2. The fourth-order valence-corrected chi connectivity index (χ4v) is 2.26. The van der Waals surface area contributed by atoms with Crippen molar-refractivity contribution in [2.24, 2.45) is 0 Å². The second-order valence-corrected chi connectivity index (χ2v) is 5.03. The molecule has 2 aromatic rings. The molecule has 0 aliphatic carbocycles. The van der Waals surface area contributed by atoms with E-state index in [2.05, 4.69) is 5.32 Å². The quantitative estimate of drug-likeness (QED) is 0.832. The van der Waals surface area contributed by atoms with E-state index in [4.69, 9.17) is 0 Å². The minimum Gasteiger partial charge on any atom is -0.364 e. The smallest absolute Gasteiger partial charge is 0.221 e. The lowest BCUT2D eigenvalue weighted by Gasteiger charge is -2.23. The highest BCUT2D eigenvalue weighted by atomic mass is 16.1. The van der Waals surface area contributed by atoms with E-state index in [0.29, 0.717) is 18.7 Å². The van der Waals surface area contributed by atoms with Crippen LogP contribution in [0.2, 0.25) is 0 Å². The van der Waals surface area contributed by atoms with Gasteiger partial charge in [0.2, 0.25) is 5.91 Å². The molecular weight excluding hydrogens is 276 g/mol. The number of nitrogens with zero attached hydrogens (tertiary/aromatic N) is 1. The van der Waals surface area contributed by atoms with Crippen LogP contribution >= 0.6 is 0 Å². The van der Waals surface area contributed by atoms with Gasteiger partial charge in [-0.2, -0.15) is 0 Å². The van der Waals surface area contributed by atoms with Gasteiger partial charge in [0, 0.05) is 30.4 Å². The molecule has 0 aliphatic rings. The summed E-state index contributed by atoms with van der Waals surface area (Å²) >= 11 is 0. The molecular formula is C18H20N2O2. The fraction of sp³-hybridized carbons (Fsp3) is 0.222. The molecule has 2 rings (SSSR count). The zero-order valence-corrected chi connectivity index (χ0v) is 12.9. The second kappa shape index (κ2) is 7.41. The molecule has 0 fully saturated rings. The molecule has 0 saturated heterocycles. The first-order valence-electron chi connectivity index (χ1n) is 7.31. The highest BCUT2D eigenvalue weighted by molar-refractivity contribution is 5.99. The minimum absolute atomic E-state index is 0.0763. The first-order chi connectivity index (χ1) is 10.6. The minimum atomic E-state index is -0.111.